The Hall–Kier alpha value is -1.90. The second-order valence-electron chi connectivity index (χ2n) is 5.27. The molecule has 0 saturated heterocycles. The number of rotatable bonds is 3. The van der Waals surface area contributed by atoms with Crippen molar-refractivity contribution in [2.24, 2.45) is 0 Å². The summed E-state index contributed by atoms with van der Waals surface area (Å²) < 4.78 is 2.03. The van der Waals surface area contributed by atoms with Crippen LogP contribution in [0.15, 0.2) is 30.6 Å². The molecule has 19 heavy (non-hydrogen) atoms. The molecule has 0 N–H and O–H groups in total. The molecule has 0 spiro atoms. The van der Waals surface area contributed by atoms with Crippen molar-refractivity contribution in [1.29, 1.82) is 0 Å². The van der Waals surface area contributed by atoms with Crippen LogP contribution in [0, 0.1) is 6.92 Å². The average Bonchev–Trinajstić information content (AvgIpc) is 2.82. The molecular weight excluding hydrogens is 236 g/mol. The number of Topliss-reactive ketones (excluding diaryl/α,β-unsaturated/α-hetero) is 1. The maximum atomic E-state index is 12.3. The fourth-order valence-electron chi connectivity index (χ4n) is 2.73. The van der Waals surface area contributed by atoms with Gasteiger partial charge in [0.25, 0.3) is 0 Å². The van der Waals surface area contributed by atoms with Crippen molar-refractivity contribution < 1.29 is 4.79 Å². The van der Waals surface area contributed by atoms with Crippen LogP contribution in [0.25, 0.3) is 0 Å². The molecule has 3 nitrogen and oxygen atoms in total. The van der Waals surface area contributed by atoms with Crippen molar-refractivity contribution in [3.05, 3.63) is 53.1 Å². The Labute approximate surface area is 113 Å². The van der Waals surface area contributed by atoms with Crippen LogP contribution in [0.1, 0.15) is 40.2 Å². The van der Waals surface area contributed by atoms with Crippen LogP contribution in [0.2, 0.25) is 0 Å². The van der Waals surface area contributed by atoms with Gasteiger partial charge in [-0.25, -0.2) is 4.98 Å². The number of aryl methyl sites for hydroxylation is 2. The molecule has 0 bridgehead atoms. The van der Waals surface area contributed by atoms with E-state index in [0.717, 1.165) is 24.0 Å². The van der Waals surface area contributed by atoms with Crippen molar-refractivity contribution in [2.45, 2.75) is 39.2 Å². The third-order valence-electron chi connectivity index (χ3n) is 3.76. The molecule has 0 atom stereocenters. The van der Waals surface area contributed by atoms with Gasteiger partial charge >= 0.3 is 0 Å². The standard InChI is InChI=1S/C16H18N2O/c1-12-5-4-6-13(9-12)16(19)10-18-11-17-14-7-2-3-8-15(14)18/h4-6,9,11H,2-3,7-8,10H2,1H3. The number of hydrogen-bond acceptors (Lipinski definition) is 2. The van der Waals surface area contributed by atoms with Crippen molar-refractivity contribution >= 4 is 5.78 Å². The highest BCUT2D eigenvalue weighted by Gasteiger charge is 2.17. The van der Waals surface area contributed by atoms with E-state index in [1.807, 2.05) is 42.1 Å². The van der Waals surface area contributed by atoms with E-state index in [9.17, 15) is 4.79 Å². The summed E-state index contributed by atoms with van der Waals surface area (Å²) in [5, 5.41) is 0. The first-order valence-electron chi connectivity index (χ1n) is 6.87. The molecule has 0 radical (unpaired) electrons. The van der Waals surface area contributed by atoms with Crippen molar-refractivity contribution in [3.8, 4) is 0 Å². The largest absolute Gasteiger partial charge is 0.327 e. The third kappa shape index (κ3) is 2.46. The third-order valence-corrected chi connectivity index (χ3v) is 3.76. The van der Waals surface area contributed by atoms with Crippen molar-refractivity contribution in [2.75, 3.05) is 0 Å². The van der Waals surface area contributed by atoms with Crippen molar-refractivity contribution in [3.63, 3.8) is 0 Å². The summed E-state index contributed by atoms with van der Waals surface area (Å²) in [4.78, 5) is 16.7. The quantitative estimate of drug-likeness (QED) is 0.789. The summed E-state index contributed by atoms with van der Waals surface area (Å²) in [6.45, 7) is 2.42. The van der Waals surface area contributed by atoms with Gasteiger partial charge in [0.1, 0.15) is 0 Å². The fourth-order valence-corrected chi connectivity index (χ4v) is 2.73. The number of fused-ring (bicyclic) bond motifs is 1. The Kier molecular flexibility index (Phi) is 3.20. The lowest BCUT2D eigenvalue weighted by molar-refractivity contribution is 0.0971. The summed E-state index contributed by atoms with van der Waals surface area (Å²) in [7, 11) is 0. The number of carbonyl (C=O) groups is 1. The number of hydrogen-bond donors (Lipinski definition) is 0. The lowest BCUT2D eigenvalue weighted by Crippen LogP contribution is -2.14. The van der Waals surface area contributed by atoms with Crippen LogP contribution in [0.5, 0.6) is 0 Å². The Balaban J connectivity index is 1.82. The van der Waals surface area contributed by atoms with Gasteiger partial charge in [-0.15, -0.1) is 0 Å². The van der Waals surface area contributed by atoms with E-state index < -0.39 is 0 Å². The minimum Gasteiger partial charge on any atom is -0.327 e. The van der Waals surface area contributed by atoms with E-state index in [4.69, 9.17) is 0 Å². The van der Waals surface area contributed by atoms with Crippen LogP contribution in [-0.2, 0) is 19.4 Å². The van der Waals surface area contributed by atoms with E-state index in [2.05, 4.69) is 4.98 Å². The maximum Gasteiger partial charge on any atom is 0.182 e. The molecule has 1 aromatic carbocycles. The van der Waals surface area contributed by atoms with E-state index >= 15 is 0 Å². The van der Waals surface area contributed by atoms with Gasteiger partial charge in [0.15, 0.2) is 5.78 Å². The van der Waals surface area contributed by atoms with Gasteiger partial charge in [-0.2, -0.15) is 0 Å². The normalized spacial score (nSPS) is 14.2. The van der Waals surface area contributed by atoms with E-state index in [1.165, 1.54) is 24.2 Å². The molecule has 1 aromatic heterocycles. The lowest BCUT2D eigenvalue weighted by atomic mass is 10.0. The summed E-state index contributed by atoms with van der Waals surface area (Å²) in [5.74, 6) is 0.162. The van der Waals surface area contributed by atoms with Crippen LogP contribution in [0.4, 0.5) is 0 Å². The number of imidazole rings is 1. The van der Waals surface area contributed by atoms with E-state index in [0.29, 0.717) is 6.54 Å². The lowest BCUT2D eigenvalue weighted by Gasteiger charge is -2.13. The average molecular weight is 254 g/mol. The Morgan fingerprint density at radius 3 is 3.00 bits per heavy atom. The van der Waals surface area contributed by atoms with Crippen LogP contribution in [-0.4, -0.2) is 15.3 Å². The van der Waals surface area contributed by atoms with Gasteiger partial charge in [-0.3, -0.25) is 4.79 Å². The molecule has 1 heterocycles. The summed E-state index contributed by atoms with van der Waals surface area (Å²) >= 11 is 0. The van der Waals surface area contributed by atoms with Gasteiger partial charge in [0, 0.05) is 11.3 Å². The zero-order valence-corrected chi connectivity index (χ0v) is 11.2. The second-order valence-corrected chi connectivity index (χ2v) is 5.27. The number of carbonyl (C=O) groups excluding carboxylic acids is 1. The Bertz CT molecular complexity index is 613. The molecule has 0 unspecified atom stereocenters. The SMILES string of the molecule is Cc1cccc(C(=O)Cn2cnc3c2CCCC3)c1. The Morgan fingerprint density at radius 2 is 2.16 bits per heavy atom. The molecule has 3 heteroatoms. The molecule has 1 aliphatic rings. The molecule has 0 aliphatic heterocycles. The van der Waals surface area contributed by atoms with Crippen LogP contribution in [0.3, 0.4) is 0 Å². The van der Waals surface area contributed by atoms with Gasteiger partial charge in [-0.1, -0.05) is 23.8 Å². The first kappa shape index (κ1) is 12.2. The Morgan fingerprint density at radius 1 is 1.32 bits per heavy atom. The molecule has 0 saturated carbocycles. The van der Waals surface area contributed by atoms with Gasteiger partial charge in [-0.05, 0) is 38.7 Å². The summed E-state index contributed by atoms with van der Waals surface area (Å²) in [6, 6.07) is 7.78. The summed E-state index contributed by atoms with van der Waals surface area (Å²) in [6.07, 6.45) is 6.36. The molecule has 98 valence electrons. The molecule has 2 aromatic rings. The fraction of sp³-hybridized carbons (Fsp3) is 0.375. The van der Waals surface area contributed by atoms with Gasteiger partial charge in [0.05, 0.1) is 18.6 Å². The van der Waals surface area contributed by atoms with E-state index in [1.54, 1.807) is 0 Å². The predicted molar refractivity (Wildman–Crippen MR) is 74.4 cm³/mol. The molecular formula is C16H18N2O. The maximum absolute atomic E-state index is 12.3. The zero-order valence-electron chi connectivity index (χ0n) is 11.2. The van der Waals surface area contributed by atoms with Crippen molar-refractivity contribution in [1.82, 2.24) is 9.55 Å². The minimum absolute atomic E-state index is 0.162. The van der Waals surface area contributed by atoms with Crippen LogP contribution < -0.4 is 0 Å². The monoisotopic (exact) mass is 254 g/mol. The zero-order chi connectivity index (χ0) is 13.2. The van der Waals surface area contributed by atoms with Crippen LogP contribution >= 0.6 is 0 Å². The smallest absolute Gasteiger partial charge is 0.182 e. The molecule has 0 amide bonds. The number of aromatic nitrogens is 2. The van der Waals surface area contributed by atoms with Gasteiger partial charge < -0.3 is 4.57 Å². The highest BCUT2D eigenvalue weighted by Crippen LogP contribution is 2.20. The summed E-state index contributed by atoms with van der Waals surface area (Å²) in [5.41, 5.74) is 4.35. The predicted octanol–water partition coefficient (Wildman–Crippen LogP) is 2.95. The first-order chi connectivity index (χ1) is 9.24. The number of ketones is 1. The second kappa shape index (κ2) is 5.00. The molecule has 1 aliphatic carbocycles. The highest BCUT2D eigenvalue weighted by molar-refractivity contribution is 5.96. The number of nitrogens with zero attached hydrogens (tertiary/aromatic N) is 2. The first-order valence-corrected chi connectivity index (χ1v) is 6.87. The topological polar surface area (TPSA) is 34.9 Å². The van der Waals surface area contributed by atoms with Gasteiger partial charge in [0.2, 0.25) is 0 Å². The molecule has 0 fully saturated rings. The minimum atomic E-state index is 0.162. The van der Waals surface area contributed by atoms with E-state index in [-0.39, 0.29) is 5.78 Å². The number of benzene rings is 1. The highest BCUT2D eigenvalue weighted by atomic mass is 16.1. The molecule has 3 rings (SSSR count).